The van der Waals surface area contributed by atoms with Crippen molar-refractivity contribution >= 4 is 21.9 Å². The number of alkyl halides is 1. The Kier molecular flexibility index (Phi) is 4.21. The number of halogens is 1. The summed E-state index contributed by atoms with van der Waals surface area (Å²) in [4.78, 5) is 11.4. The van der Waals surface area contributed by atoms with Crippen LogP contribution in [0.4, 0.5) is 4.39 Å². The number of rotatable bonds is 3. The Balaban J connectivity index is 2.56. The molecule has 2 radical (unpaired) electrons. The Morgan fingerprint density at radius 2 is 2.00 bits per heavy atom. The van der Waals surface area contributed by atoms with Crippen molar-refractivity contribution in [1.29, 1.82) is 0 Å². The minimum Gasteiger partial charge on any atom is -0.414 e. The molecule has 0 aromatic rings. The highest BCUT2D eigenvalue weighted by atomic mass is 28.4. The largest absolute Gasteiger partial charge is 0.414 e. The van der Waals surface area contributed by atoms with Crippen LogP contribution in [0.3, 0.4) is 0 Å². The summed E-state index contributed by atoms with van der Waals surface area (Å²) in [6, 6.07) is -1.14. The van der Waals surface area contributed by atoms with E-state index in [9.17, 15) is 9.18 Å². The maximum absolute atomic E-state index is 13.2. The second kappa shape index (κ2) is 4.82. The first-order valence-corrected chi connectivity index (χ1v) is 8.70. The fourth-order valence-electron chi connectivity index (χ4n) is 1.29. The molecule has 3 atom stereocenters. The first-order chi connectivity index (χ1) is 7.56. The predicted molar refractivity (Wildman–Crippen MR) is 67.5 cm³/mol. The number of hydrogen-bond acceptors (Lipinski definition) is 3. The number of hydrogen-bond donors (Lipinski definition) is 0. The van der Waals surface area contributed by atoms with Gasteiger partial charge in [-0.3, -0.25) is 4.79 Å². The van der Waals surface area contributed by atoms with Crippen molar-refractivity contribution in [1.82, 2.24) is 0 Å². The molecule has 0 spiro atoms. The highest BCUT2D eigenvalue weighted by molar-refractivity contribution is 6.74. The van der Waals surface area contributed by atoms with Crippen molar-refractivity contribution in [2.75, 3.05) is 6.61 Å². The van der Waals surface area contributed by atoms with Crippen LogP contribution in [0.2, 0.25) is 18.1 Å². The van der Waals surface area contributed by atoms with Gasteiger partial charge in [0.25, 0.3) is 0 Å². The molecule has 0 unspecified atom stereocenters. The zero-order chi connectivity index (χ0) is 13.4. The highest BCUT2D eigenvalue weighted by Gasteiger charge is 2.43. The Hall–Kier alpha value is -0.198. The van der Waals surface area contributed by atoms with Gasteiger partial charge >= 0.3 is 0 Å². The molecule has 1 saturated heterocycles. The van der Waals surface area contributed by atoms with Crippen molar-refractivity contribution < 1.29 is 18.3 Å². The molecule has 0 aliphatic carbocycles. The third-order valence-corrected chi connectivity index (χ3v) is 8.10. The van der Waals surface area contributed by atoms with Gasteiger partial charge in [-0.25, -0.2) is 4.39 Å². The summed E-state index contributed by atoms with van der Waals surface area (Å²) in [5.74, 6) is -0.601. The van der Waals surface area contributed by atoms with Crippen molar-refractivity contribution in [2.45, 2.75) is 57.2 Å². The third-order valence-electron chi connectivity index (χ3n) is 3.60. The molecule has 1 aliphatic heterocycles. The average Bonchev–Trinajstić information content (AvgIpc) is 2.41. The van der Waals surface area contributed by atoms with Crippen LogP contribution in [0.1, 0.15) is 20.8 Å². The standard InChI is InChI=1S/C11H20BFO3Si/c1-11(2,3)17(4,5)15-6-7-9(14)8(13)10(12)16-7/h7-8,10H,6H2,1-5H3/t7-,8-,10-/m1/s1. The molecule has 0 bridgehead atoms. The number of ketones is 1. The summed E-state index contributed by atoms with van der Waals surface area (Å²) >= 11 is 0. The normalized spacial score (nSPS) is 30.9. The molecule has 1 heterocycles. The van der Waals surface area contributed by atoms with Crippen molar-refractivity contribution in [2.24, 2.45) is 0 Å². The molecule has 0 amide bonds. The summed E-state index contributed by atoms with van der Waals surface area (Å²) in [6.07, 6.45) is -2.57. The average molecular weight is 258 g/mol. The Labute approximate surface area is 105 Å². The molecule has 96 valence electrons. The fourth-order valence-corrected chi connectivity index (χ4v) is 2.29. The maximum atomic E-state index is 13.2. The Morgan fingerprint density at radius 1 is 1.47 bits per heavy atom. The quantitative estimate of drug-likeness (QED) is 0.724. The number of carbonyl (C=O) groups excluding carboxylic acids is 1. The van der Waals surface area contributed by atoms with Gasteiger partial charge in [0.05, 0.1) is 12.6 Å². The van der Waals surface area contributed by atoms with E-state index >= 15 is 0 Å². The van der Waals surface area contributed by atoms with E-state index in [0.29, 0.717) is 0 Å². The lowest BCUT2D eigenvalue weighted by atomic mass is 9.95. The molecule has 1 rings (SSSR count). The highest BCUT2D eigenvalue weighted by Crippen LogP contribution is 2.37. The number of ether oxygens (including phenoxy) is 1. The molecule has 6 heteroatoms. The van der Waals surface area contributed by atoms with Crippen LogP contribution in [0.5, 0.6) is 0 Å². The molecule has 1 aliphatic rings. The molecule has 3 nitrogen and oxygen atoms in total. The lowest BCUT2D eigenvalue weighted by Gasteiger charge is -2.36. The lowest BCUT2D eigenvalue weighted by Crippen LogP contribution is -2.43. The van der Waals surface area contributed by atoms with E-state index in [0.717, 1.165) is 0 Å². The maximum Gasteiger partial charge on any atom is 0.199 e. The first-order valence-electron chi connectivity index (χ1n) is 5.79. The van der Waals surface area contributed by atoms with Gasteiger partial charge in [0.2, 0.25) is 0 Å². The van der Waals surface area contributed by atoms with Gasteiger partial charge in [-0.1, -0.05) is 20.8 Å². The smallest absolute Gasteiger partial charge is 0.199 e. The van der Waals surface area contributed by atoms with E-state index in [1.807, 2.05) is 0 Å². The molecule has 1 fully saturated rings. The van der Waals surface area contributed by atoms with E-state index in [2.05, 4.69) is 33.9 Å². The van der Waals surface area contributed by atoms with E-state index in [4.69, 9.17) is 17.0 Å². The second-order valence-electron chi connectivity index (χ2n) is 5.96. The first kappa shape index (κ1) is 14.9. The lowest BCUT2D eigenvalue weighted by molar-refractivity contribution is -0.126. The summed E-state index contributed by atoms with van der Waals surface area (Å²) in [5, 5.41) is 0.0475. The zero-order valence-corrected chi connectivity index (χ0v) is 12.1. The van der Waals surface area contributed by atoms with E-state index in [-0.39, 0.29) is 11.6 Å². The molecule has 0 saturated carbocycles. The number of carbonyl (C=O) groups is 1. The van der Waals surface area contributed by atoms with Crippen LogP contribution >= 0.6 is 0 Å². The van der Waals surface area contributed by atoms with Crippen LogP contribution in [0.15, 0.2) is 0 Å². The van der Waals surface area contributed by atoms with Gasteiger partial charge in [-0.15, -0.1) is 0 Å². The van der Waals surface area contributed by atoms with E-state index < -0.39 is 32.4 Å². The third kappa shape index (κ3) is 3.17. The Morgan fingerprint density at radius 3 is 2.35 bits per heavy atom. The topological polar surface area (TPSA) is 35.5 Å². The van der Waals surface area contributed by atoms with Gasteiger partial charge in [0.15, 0.2) is 20.3 Å². The Bertz CT molecular complexity index is 304. The van der Waals surface area contributed by atoms with Crippen LogP contribution in [-0.2, 0) is 14.0 Å². The van der Waals surface area contributed by atoms with Gasteiger partial charge in [0.1, 0.15) is 14.0 Å². The van der Waals surface area contributed by atoms with Gasteiger partial charge in [-0.2, -0.15) is 0 Å². The SMILES string of the molecule is [B][C@@H]1O[C@H](CO[Si](C)(C)C(C)(C)C)C(=O)[C@H]1F. The van der Waals surface area contributed by atoms with Crippen LogP contribution in [-0.4, -0.2) is 46.8 Å². The molecule has 0 aromatic heterocycles. The minimum absolute atomic E-state index is 0.0475. The zero-order valence-electron chi connectivity index (χ0n) is 11.1. The predicted octanol–water partition coefficient (Wildman–Crippen LogP) is 1.81. The summed E-state index contributed by atoms with van der Waals surface area (Å²) in [6.45, 7) is 10.5. The van der Waals surface area contributed by atoms with Gasteiger partial charge in [-0.05, 0) is 18.1 Å². The second-order valence-corrected chi connectivity index (χ2v) is 10.8. The van der Waals surface area contributed by atoms with Crippen LogP contribution < -0.4 is 0 Å². The molecule has 17 heavy (non-hydrogen) atoms. The summed E-state index contributed by atoms with van der Waals surface area (Å²) in [7, 11) is 3.38. The van der Waals surface area contributed by atoms with Crippen LogP contribution in [0.25, 0.3) is 0 Å². The van der Waals surface area contributed by atoms with Crippen LogP contribution in [0, 0.1) is 0 Å². The molecular formula is C11H20BFO3Si. The number of Topliss-reactive ketones (excluding diaryl/α,β-unsaturated/α-hetero) is 1. The monoisotopic (exact) mass is 258 g/mol. The van der Waals surface area contributed by atoms with Gasteiger partial charge < -0.3 is 9.16 Å². The van der Waals surface area contributed by atoms with Crippen molar-refractivity contribution in [3.63, 3.8) is 0 Å². The molecular weight excluding hydrogens is 238 g/mol. The van der Waals surface area contributed by atoms with E-state index in [1.54, 1.807) is 0 Å². The summed E-state index contributed by atoms with van der Waals surface area (Å²) in [5.41, 5.74) is 0. The van der Waals surface area contributed by atoms with Gasteiger partial charge in [0, 0.05) is 0 Å². The van der Waals surface area contributed by atoms with E-state index in [1.165, 1.54) is 0 Å². The fraction of sp³-hybridized carbons (Fsp3) is 0.909. The van der Waals surface area contributed by atoms with Crippen molar-refractivity contribution in [3.05, 3.63) is 0 Å². The molecule has 0 aromatic carbocycles. The molecule has 0 N–H and O–H groups in total. The summed E-state index contributed by atoms with van der Waals surface area (Å²) < 4.78 is 24.0. The minimum atomic E-state index is -1.94. The van der Waals surface area contributed by atoms with Crippen molar-refractivity contribution in [3.8, 4) is 0 Å².